The first-order valence-corrected chi connectivity index (χ1v) is 9.07. The van der Waals surface area contributed by atoms with Gasteiger partial charge in [0.25, 0.3) is 0 Å². The van der Waals surface area contributed by atoms with Crippen molar-refractivity contribution in [2.24, 2.45) is 0 Å². The summed E-state index contributed by atoms with van der Waals surface area (Å²) in [4.78, 5) is 25.6. The van der Waals surface area contributed by atoms with Crippen molar-refractivity contribution >= 4 is 22.8 Å². The van der Waals surface area contributed by atoms with Crippen LogP contribution in [0.3, 0.4) is 0 Å². The molecular formula is C24H19NO3. The van der Waals surface area contributed by atoms with Crippen LogP contribution in [0.1, 0.15) is 37.9 Å². The number of aromatic nitrogens is 1. The van der Waals surface area contributed by atoms with Crippen molar-refractivity contribution < 1.29 is 14.7 Å². The van der Waals surface area contributed by atoms with E-state index in [1.54, 1.807) is 29.7 Å². The van der Waals surface area contributed by atoms with E-state index in [4.69, 9.17) is 0 Å². The van der Waals surface area contributed by atoms with Gasteiger partial charge >= 0.3 is 5.97 Å². The van der Waals surface area contributed by atoms with Crippen molar-refractivity contribution in [1.29, 1.82) is 0 Å². The molecule has 0 unspecified atom stereocenters. The van der Waals surface area contributed by atoms with Crippen LogP contribution < -0.4 is 0 Å². The van der Waals surface area contributed by atoms with E-state index in [1.807, 2.05) is 66.7 Å². The van der Waals surface area contributed by atoms with Gasteiger partial charge in [-0.25, -0.2) is 4.79 Å². The number of benzene rings is 3. The Hall–Kier alpha value is -3.66. The predicted octanol–water partition coefficient (Wildman–Crippen LogP) is 5.12. The zero-order chi connectivity index (χ0) is 19.7. The van der Waals surface area contributed by atoms with Crippen molar-refractivity contribution in [2.75, 3.05) is 0 Å². The number of carbonyl (C=O) groups excluding carboxylic acids is 1. The maximum Gasteiger partial charge on any atom is 0.338 e. The highest BCUT2D eigenvalue weighted by Gasteiger charge is 2.29. The molecule has 4 rings (SSSR count). The molecule has 0 amide bonds. The minimum Gasteiger partial charge on any atom is -0.478 e. The van der Waals surface area contributed by atoms with Crippen molar-refractivity contribution in [2.45, 2.75) is 12.8 Å². The van der Waals surface area contributed by atoms with Gasteiger partial charge in [-0.15, -0.1) is 0 Å². The molecule has 4 heteroatoms. The molecule has 0 atom stereocenters. The number of para-hydroxylation sites is 1. The van der Waals surface area contributed by atoms with Gasteiger partial charge in [0.05, 0.1) is 17.0 Å². The molecule has 28 heavy (non-hydrogen) atoms. The van der Waals surface area contributed by atoms with Crippen LogP contribution in [0.4, 0.5) is 0 Å². The van der Waals surface area contributed by atoms with Gasteiger partial charge < -0.3 is 5.11 Å². The molecular weight excluding hydrogens is 350 g/mol. The number of hydrogen-bond donors (Lipinski definition) is 1. The van der Waals surface area contributed by atoms with Crippen molar-refractivity contribution in [1.82, 2.24) is 4.57 Å². The maximum absolute atomic E-state index is 13.8. The maximum atomic E-state index is 13.8. The van der Waals surface area contributed by atoms with Crippen LogP contribution >= 0.6 is 0 Å². The van der Waals surface area contributed by atoms with Crippen molar-refractivity contribution in [3.63, 3.8) is 0 Å². The molecule has 0 saturated carbocycles. The molecule has 0 aliphatic heterocycles. The number of aromatic carboxylic acids is 1. The van der Waals surface area contributed by atoms with Gasteiger partial charge in [-0.1, -0.05) is 78.9 Å². The van der Waals surface area contributed by atoms with E-state index < -0.39 is 11.9 Å². The number of fused-ring (bicyclic) bond motifs is 1. The highest BCUT2D eigenvalue weighted by atomic mass is 16.4. The number of carboxylic acids is 1. The normalized spacial score (nSPS) is 11.1. The summed E-state index contributed by atoms with van der Waals surface area (Å²) >= 11 is 0. The van der Waals surface area contributed by atoms with E-state index >= 15 is 0 Å². The lowest BCUT2D eigenvalue weighted by molar-refractivity contribution is 0.0698. The molecule has 0 spiro atoms. The molecule has 4 aromatic rings. The topological polar surface area (TPSA) is 59.3 Å². The fourth-order valence-electron chi connectivity index (χ4n) is 3.82. The summed E-state index contributed by atoms with van der Waals surface area (Å²) in [6.07, 6.45) is 0. The summed E-state index contributed by atoms with van der Waals surface area (Å²) in [5, 5.41) is 10.3. The van der Waals surface area contributed by atoms with Gasteiger partial charge in [0, 0.05) is 11.1 Å². The summed E-state index contributed by atoms with van der Waals surface area (Å²) in [6, 6.07) is 26.3. The minimum atomic E-state index is -1.03. The third-order valence-electron chi connectivity index (χ3n) is 5.06. The Morgan fingerprint density at radius 3 is 1.82 bits per heavy atom. The Bertz CT molecular complexity index is 1120. The highest BCUT2D eigenvalue weighted by molar-refractivity contribution is 6.09. The molecule has 1 heterocycles. The Labute approximate surface area is 162 Å². The van der Waals surface area contributed by atoms with Gasteiger partial charge in [-0.2, -0.15) is 0 Å². The van der Waals surface area contributed by atoms with Crippen molar-refractivity contribution in [3.8, 4) is 0 Å². The van der Waals surface area contributed by atoms with Crippen LogP contribution in [-0.4, -0.2) is 21.6 Å². The SMILES string of the molecule is Cc1c(C(=O)O)c2ccccc2n1C(=O)C(c1ccccc1)c1ccccc1. The van der Waals surface area contributed by atoms with Crippen LogP contribution in [-0.2, 0) is 0 Å². The van der Waals surface area contributed by atoms with E-state index in [0.717, 1.165) is 11.1 Å². The third kappa shape index (κ3) is 2.89. The second-order valence-electron chi connectivity index (χ2n) is 6.71. The number of carboxylic acid groups (broad SMARTS) is 1. The molecule has 1 N–H and O–H groups in total. The van der Waals surface area contributed by atoms with E-state index in [1.165, 1.54) is 0 Å². The van der Waals surface area contributed by atoms with E-state index in [-0.39, 0.29) is 11.5 Å². The predicted molar refractivity (Wildman–Crippen MR) is 109 cm³/mol. The zero-order valence-corrected chi connectivity index (χ0v) is 15.4. The molecule has 1 aromatic heterocycles. The third-order valence-corrected chi connectivity index (χ3v) is 5.06. The first-order valence-electron chi connectivity index (χ1n) is 9.07. The standard InChI is InChI=1S/C24H19NO3/c1-16-21(24(27)28)19-14-8-9-15-20(19)25(16)23(26)22(17-10-4-2-5-11-17)18-12-6-3-7-13-18/h2-15,22H,1H3,(H,27,28). The van der Waals surface area contributed by atoms with Gasteiger partial charge in [0.15, 0.2) is 0 Å². The van der Waals surface area contributed by atoms with Crippen LogP contribution in [0.5, 0.6) is 0 Å². The van der Waals surface area contributed by atoms with Crippen LogP contribution in [0.2, 0.25) is 0 Å². The average Bonchev–Trinajstić information content (AvgIpc) is 3.01. The lowest BCUT2D eigenvalue weighted by atomic mass is 9.90. The summed E-state index contributed by atoms with van der Waals surface area (Å²) in [5.74, 6) is -1.73. The summed E-state index contributed by atoms with van der Waals surface area (Å²) in [7, 11) is 0. The average molecular weight is 369 g/mol. The number of hydrogen-bond acceptors (Lipinski definition) is 2. The Kier molecular flexibility index (Phi) is 4.53. The Morgan fingerprint density at radius 2 is 1.29 bits per heavy atom. The smallest absolute Gasteiger partial charge is 0.338 e. The molecule has 3 aromatic carbocycles. The van der Waals surface area contributed by atoms with Crippen molar-refractivity contribution in [3.05, 3.63) is 107 Å². The minimum absolute atomic E-state index is 0.168. The second-order valence-corrected chi connectivity index (χ2v) is 6.71. The van der Waals surface area contributed by atoms with E-state index in [9.17, 15) is 14.7 Å². The molecule has 4 nitrogen and oxygen atoms in total. The monoisotopic (exact) mass is 369 g/mol. The van der Waals surface area contributed by atoms with Crippen LogP contribution in [0.15, 0.2) is 84.9 Å². The van der Waals surface area contributed by atoms with Gasteiger partial charge in [0.1, 0.15) is 0 Å². The molecule has 0 fully saturated rings. The first-order chi connectivity index (χ1) is 13.6. The van der Waals surface area contributed by atoms with Crippen LogP contribution in [0.25, 0.3) is 10.9 Å². The lowest BCUT2D eigenvalue weighted by Gasteiger charge is -2.19. The second kappa shape index (κ2) is 7.16. The fraction of sp³-hybridized carbons (Fsp3) is 0.0833. The summed E-state index contributed by atoms with van der Waals surface area (Å²) in [5.41, 5.74) is 2.96. The van der Waals surface area contributed by atoms with Gasteiger partial charge in [-0.05, 0) is 24.1 Å². The highest BCUT2D eigenvalue weighted by Crippen LogP contribution is 2.32. The van der Waals surface area contributed by atoms with Gasteiger partial charge in [0.2, 0.25) is 5.91 Å². The van der Waals surface area contributed by atoms with Crippen LogP contribution in [0, 0.1) is 6.92 Å². The molecule has 138 valence electrons. The quantitative estimate of drug-likeness (QED) is 0.543. The molecule has 0 bridgehead atoms. The Balaban J connectivity index is 1.96. The summed E-state index contributed by atoms with van der Waals surface area (Å²) in [6.45, 7) is 1.69. The molecule has 0 aliphatic carbocycles. The molecule has 0 radical (unpaired) electrons. The zero-order valence-electron chi connectivity index (χ0n) is 15.4. The molecule has 0 aliphatic rings. The fourth-order valence-corrected chi connectivity index (χ4v) is 3.82. The Morgan fingerprint density at radius 1 is 0.786 bits per heavy atom. The van der Waals surface area contributed by atoms with Gasteiger partial charge in [-0.3, -0.25) is 9.36 Å². The number of nitrogens with zero attached hydrogens (tertiary/aromatic N) is 1. The summed E-state index contributed by atoms with van der Waals surface area (Å²) < 4.78 is 1.55. The lowest BCUT2D eigenvalue weighted by Crippen LogP contribution is -2.22. The number of carbonyl (C=O) groups is 2. The molecule has 0 saturated heterocycles. The first kappa shape index (κ1) is 17.7. The number of rotatable bonds is 4. The van der Waals surface area contributed by atoms with E-state index in [0.29, 0.717) is 16.6 Å². The van der Waals surface area contributed by atoms with E-state index in [2.05, 4.69) is 0 Å². The largest absolute Gasteiger partial charge is 0.478 e.